The second kappa shape index (κ2) is 21.5. The van der Waals surface area contributed by atoms with Crippen molar-refractivity contribution in [3.8, 4) is 0 Å². The molecule has 0 aromatic rings. The lowest BCUT2D eigenvalue weighted by Crippen LogP contribution is -2.05. The molecule has 27 heavy (non-hydrogen) atoms. The molecule has 0 aliphatic rings. The van der Waals surface area contributed by atoms with Crippen LogP contribution in [0.15, 0.2) is 12.2 Å². The maximum Gasteiger partial charge on any atom is 0.208 e. The zero-order valence-corrected chi connectivity index (χ0v) is 18.8. The van der Waals surface area contributed by atoms with Gasteiger partial charge in [-0.1, -0.05) is 129 Å². The Bertz CT molecular complexity index is 337. The summed E-state index contributed by atoms with van der Waals surface area (Å²) in [5, 5.41) is 7.53. The first-order chi connectivity index (χ1) is 13.2. The summed E-state index contributed by atoms with van der Waals surface area (Å²) in [6.07, 6.45) is 26.5. The van der Waals surface area contributed by atoms with Gasteiger partial charge in [0.1, 0.15) is 0 Å². The standard InChI is InChI=1S/C25H49NO/c1-4-5-6-7-8-9-10-11-12-13-14-15-16-17-18-19-20-21-22-23-27-25(26)24(2)3/h26H,2,4-23H2,1,3H3. The smallest absolute Gasteiger partial charge is 0.208 e. The van der Waals surface area contributed by atoms with Crippen molar-refractivity contribution < 1.29 is 4.74 Å². The highest BCUT2D eigenvalue weighted by atomic mass is 16.5. The van der Waals surface area contributed by atoms with Crippen molar-refractivity contribution in [2.75, 3.05) is 6.61 Å². The van der Waals surface area contributed by atoms with Crippen LogP contribution in [0.3, 0.4) is 0 Å². The van der Waals surface area contributed by atoms with E-state index in [0.717, 1.165) is 6.42 Å². The summed E-state index contributed by atoms with van der Waals surface area (Å²) in [4.78, 5) is 0. The fourth-order valence-electron chi connectivity index (χ4n) is 3.48. The van der Waals surface area contributed by atoms with Gasteiger partial charge in [-0.15, -0.1) is 0 Å². The van der Waals surface area contributed by atoms with Crippen LogP contribution in [0.1, 0.15) is 136 Å². The second-order valence-electron chi connectivity index (χ2n) is 8.32. The first kappa shape index (κ1) is 26.2. The van der Waals surface area contributed by atoms with Crippen molar-refractivity contribution in [1.82, 2.24) is 0 Å². The van der Waals surface area contributed by atoms with Gasteiger partial charge in [0.15, 0.2) is 0 Å². The Morgan fingerprint density at radius 1 is 0.593 bits per heavy atom. The van der Waals surface area contributed by atoms with E-state index in [2.05, 4.69) is 13.5 Å². The molecule has 0 aliphatic carbocycles. The number of hydrogen-bond donors (Lipinski definition) is 1. The van der Waals surface area contributed by atoms with E-state index < -0.39 is 0 Å². The number of ether oxygens (including phenoxy) is 1. The zero-order chi connectivity index (χ0) is 20.0. The van der Waals surface area contributed by atoms with Gasteiger partial charge < -0.3 is 4.74 Å². The lowest BCUT2D eigenvalue weighted by atomic mass is 10.0. The van der Waals surface area contributed by atoms with Crippen LogP contribution in [0, 0.1) is 5.41 Å². The number of nitrogens with one attached hydrogen (secondary N) is 1. The second-order valence-corrected chi connectivity index (χ2v) is 8.32. The molecule has 0 aromatic heterocycles. The molecule has 0 heterocycles. The van der Waals surface area contributed by atoms with Crippen LogP contribution >= 0.6 is 0 Å². The van der Waals surface area contributed by atoms with Crippen LogP contribution in [0.2, 0.25) is 0 Å². The monoisotopic (exact) mass is 379 g/mol. The average Bonchev–Trinajstić information content (AvgIpc) is 2.66. The molecule has 0 atom stereocenters. The van der Waals surface area contributed by atoms with Gasteiger partial charge in [0.05, 0.1) is 6.61 Å². The molecule has 0 unspecified atom stereocenters. The summed E-state index contributed by atoms with van der Waals surface area (Å²) in [7, 11) is 0. The largest absolute Gasteiger partial charge is 0.478 e. The lowest BCUT2D eigenvalue weighted by Gasteiger charge is -2.06. The number of hydrogen-bond acceptors (Lipinski definition) is 2. The molecule has 0 fully saturated rings. The minimum Gasteiger partial charge on any atom is -0.478 e. The third-order valence-electron chi connectivity index (χ3n) is 5.38. The van der Waals surface area contributed by atoms with Crippen molar-refractivity contribution in [3.05, 3.63) is 12.2 Å². The summed E-state index contributed by atoms with van der Waals surface area (Å²) in [5.41, 5.74) is 0.716. The molecule has 0 aliphatic heterocycles. The van der Waals surface area contributed by atoms with E-state index in [1.807, 2.05) is 6.92 Å². The molecule has 0 amide bonds. The van der Waals surface area contributed by atoms with Crippen molar-refractivity contribution in [2.45, 2.75) is 136 Å². The molecule has 2 heteroatoms. The van der Waals surface area contributed by atoms with Crippen molar-refractivity contribution in [1.29, 1.82) is 5.41 Å². The molecule has 0 rings (SSSR count). The predicted octanol–water partition coefficient (Wildman–Crippen LogP) is 8.99. The predicted molar refractivity (Wildman–Crippen MR) is 122 cm³/mol. The van der Waals surface area contributed by atoms with Gasteiger partial charge in [0, 0.05) is 5.57 Å². The molecule has 160 valence electrons. The van der Waals surface area contributed by atoms with E-state index in [0.29, 0.717) is 12.2 Å². The van der Waals surface area contributed by atoms with E-state index >= 15 is 0 Å². The molecule has 0 spiro atoms. The molecule has 0 saturated carbocycles. The van der Waals surface area contributed by atoms with Gasteiger partial charge in [-0.3, -0.25) is 5.41 Å². The number of unbranched alkanes of at least 4 members (excludes halogenated alkanes) is 18. The highest BCUT2D eigenvalue weighted by molar-refractivity contribution is 5.89. The third-order valence-corrected chi connectivity index (χ3v) is 5.38. The van der Waals surface area contributed by atoms with Crippen molar-refractivity contribution in [3.63, 3.8) is 0 Å². The SMILES string of the molecule is C=C(C)C(=N)OCCCCCCCCCCCCCCCCCCCCC. The summed E-state index contributed by atoms with van der Waals surface area (Å²) >= 11 is 0. The zero-order valence-electron chi connectivity index (χ0n) is 18.8. The summed E-state index contributed by atoms with van der Waals surface area (Å²) in [6.45, 7) is 8.49. The van der Waals surface area contributed by atoms with Gasteiger partial charge in [0.25, 0.3) is 0 Å². The van der Waals surface area contributed by atoms with Gasteiger partial charge in [0.2, 0.25) is 5.90 Å². The topological polar surface area (TPSA) is 33.1 Å². The molecular formula is C25H49NO. The van der Waals surface area contributed by atoms with E-state index in [9.17, 15) is 0 Å². The quantitative estimate of drug-likeness (QED) is 0.120. The Hall–Kier alpha value is -0.790. The first-order valence-electron chi connectivity index (χ1n) is 12.1. The van der Waals surface area contributed by atoms with Crippen LogP contribution in [0.4, 0.5) is 0 Å². The average molecular weight is 380 g/mol. The Kier molecular flexibility index (Phi) is 20.9. The van der Waals surface area contributed by atoms with Gasteiger partial charge >= 0.3 is 0 Å². The van der Waals surface area contributed by atoms with Crippen molar-refractivity contribution >= 4 is 5.90 Å². The first-order valence-corrected chi connectivity index (χ1v) is 12.1. The molecular weight excluding hydrogens is 330 g/mol. The highest BCUT2D eigenvalue weighted by Gasteiger charge is 1.98. The van der Waals surface area contributed by atoms with Gasteiger partial charge in [-0.05, 0) is 13.3 Å². The van der Waals surface area contributed by atoms with Crippen molar-refractivity contribution in [2.24, 2.45) is 0 Å². The minimum absolute atomic E-state index is 0.248. The minimum atomic E-state index is 0.248. The Labute approximate surface area is 171 Å². The number of rotatable bonds is 21. The molecule has 0 aromatic carbocycles. The fraction of sp³-hybridized carbons (Fsp3) is 0.880. The van der Waals surface area contributed by atoms with Gasteiger partial charge in [-0.2, -0.15) is 0 Å². The maximum absolute atomic E-state index is 7.53. The van der Waals surface area contributed by atoms with Crippen LogP contribution in [-0.2, 0) is 4.74 Å². The van der Waals surface area contributed by atoms with Gasteiger partial charge in [-0.25, -0.2) is 0 Å². The summed E-state index contributed by atoms with van der Waals surface area (Å²) in [6, 6.07) is 0. The normalized spacial score (nSPS) is 10.9. The Balaban J connectivity index is 3.05. The summed E-state index contributed by atoms with van der Waals surface area (Å²) in [5.74, 6) is 0.248. The van der Waals surface area contributed by atoms with Crippen LogP contribution in [-0.4, -0.2) is 12.5 Å². The molecule has 0 saturated heterocycles. The van der Waals surface area contributed by atoms with E-state index in [1.54, 1.807) is 0 Å². The third kappa shape index (κ3) is 21.4. The van der Waals surface area contributed by atoms with E-state index in [4.69, 9.17) is 10.1 Å². The molecule has 0 bridgehead atoms. The molecule has 1 N–H and O–H groups in total. The molecule has 0 radical (unpaired) electrons. The van der Waals surface area contributed by atoms with Crippen LogP contribution in [0.5, 0.6) is 0 Å². The maximum atomic E-state index is 7.53. The Morgan fingerprint density at radius 3 is 1.19 bits per heavy atom. The van der Waals surface area contributed by atoms with E-state index in [1.165, 1.54) is 116 Å². The Morgan fingerprint density at radius 2 is 0.889 bits per heavy atom. The van der Waals surface area contributed by atoms with Crippen LogP contribution < -0.4 is 0 Å². The summed E-state index contributed by atoms with van der Waals surface area (Å²) < 4.78 is 5.32. The van der Waals surface area contributed by atoms with E-state index in [-0.39, 0.29) is 5.90 Å². The lowest BCUT2D eigenvalue weighted by molar-refractivity contribution is 0.290. The fourth-order valence-corrected chi connectivity index (χ4v) is 3.48. The van der Waals surface area contributed by atoms with Crippen LogP contribution in [0.25, 0.3) is 0 Å². The highest BCUT2D eigenvalue weighted by Crippen LogP contribution is 2.14. The molecule has 2 nitrogen and oxygen atoms in total.